The summed E-state index contributed by atoms with van der Waals surface area (Å²) in [7, 11) is 1.42. The van der Waals surface area contributed by atoms with E-state index in [9.17, 15) is 4.79 Å². The molecule has 0 heterocycles. The average molecular weight is 188 g/mol. The van der Waals surface area contributed by atoms with Crippen LogP contribution in [-0.2, 0) is 9.53 Å². The van der Waals surface area contributed by atoms with Gasteiger partial charge in [-0.1, -0.05) is 6.92 Å². The van der Waals surface area contributed by atoms with Gasteiger partial charge in [-0.15, -0.1) is 0 Å². The Bertz CT molecular complexity index is 140. The quantitative estimate of drug-likeness (QED) is 0.581. The van der Waals surface area contributed by atoms with Crippen molar-refractivity contribution in [2.75, 3.05) is 33.3 Å². The number of hydrogen-bond donors (Lipinski definition) is 1. The molecule has 2 N–H and O–H groups in total. The summed E-state index contributed by atoms with van der Waals surface area (Å²) in [6.45, 7) is 5.46. The largest absolute Gasteiger partial charge is 0.469 e. The van der Waals surface area contributed by atoms with E-state index in [4.69, 9.17) is 5.73 Å². The second-order valence-corrected chi connectivity index (χ2v) is 2.90. The summed E-state index contributed by atoms with van der Waals surface area (Å²) in [5.74, 6) is -0.147. The lowest BCUT2D eigenvalue weighted by molar-refractivity contribution is -0.140. The first kappa shape index (κ1) is 12.4. The van der Waals surface area contributed by atoms with E-state index in [1.807, 2.05) is 0 Å². The van der Waals surface area contributed by atoms with Crippen molar-refractivity contribution in [2.45, 2.75) is 19.8 Å². The van der Waals surface area contributed by atoms with Crippen molar-refractivity contribution in [3.05, 3.63) is 0 Å². The predicted octanol–water partition coefficient (Wildman–Crippen LogP) is 0.220. The number of esters is 1. The smallest absolute Gasteiger partial charge is 0.306 e. The highest BCUT2D eigenvalue weighted by molar-refractivity contribution is 5.69. The fourth-order valence-electron chi connectivity index (χ4n) is 1.09. The van der Waals surface area contributed by atoms with Crippen molar-refractivity contribution in [1.82, 2.24) is 4.90 Å². The molecular formula is C9H20N2O2. The van der Waals surface area contributed by atoms with Crippen molar-refractivity contribution < 1.29 is 9.53 Å². The molecule has 4 nitrogen and oxygen atoms in total. The van der Waals surface area contributed by atoms with Gasteiger partial charge < -0.3 is 15.4 Å². The van der Waals surface area contributed by atoms with Gasteiger partial charge in [0.15, 0.2) is 0 Å². The zero-order valence-corrected chi connectivity index (χ0v) is 8.58. The zero-order chi connectivity index (χ0) is 10.1. The number of carbonyl (C=O) groups excluding carboxylic acids is 1. The molecule has 0 radical (unpaired) electrons. The minimum atomic E-state index is -0.147. The molecule has 0 atom stereocenters. The molecule has 0 aromatic carbocycles. The van der Waals surface area contributed by atoms with E-state index in [1.165, 1.54) is 7.11 Å². The van der Waals surface area contributed by atoms with Crippen molar-refractivity contribution >= 4 is 5.97 Å². The van der Waals surface area contributed by atoms with Gasteiger partial charge in [-0.25, -0.2) is 0 Å². The van der Waals surface area contributed by atoms with Gasteiger partial charge in [0.1, 0.15) is 0 Å². The Morgan fingerprint density at radius 3 is 2.62 bits per heavy atom. The highest BCUT2D eigenvalue weighted by Crippen LogP contribution is 1.94. The van der Waals surface area contributed by atoms with Gasteiger partial charge in [0.05, 0.1) is 13.5 Å². The van der Waals surface area contributed by atoms with E-state index < -0.39 is 0 Å². The molecule has 0 aromatic rings. The summed E-state index contributed by atoms with van der Waals surface area (Å²) in [6.07, 6.45) is 1.45. The lowest BCUT2D eigenvalue weighted by Crippen LogP contribution is -2.28. The molecule has 0 aliphatic rings. The molecule has 0 fully saturated rings. The first-order valence-electron chi connectivity index (χ1n) is 4.73. The number of nitrogens with zero attached hydrogens (tertiary/aromatic N) is 1. The van der Waals surface area contributed by atoms with E-state index in [2.05, 4.69) is 16.6 Å². The normalized spacial score (nSPS) is 10.5. The van der Waals surface area contributed by atoms with Gasteiger partial charge in [0.25, 0.3) is 0 Å². The minimum absolute atomic E-state index is 0.147. The van der Waals surface area contributed by atoms with Gasteiger partial charge in [-0.05, 0) is 26.1 Å². The molecule has 4 heteroatoms. The van der Waals surface area contributed by atoms with Crippen LogP contribution in [0.1, 0.15) is 19.8 Å². The molecular weight excluding hydrogens is 168 g/mol. The van der Waals surface area contributed by atoms with Gasteiger partial charge >= 0.3 is 5.97 Å². The molecule has 0 rings (SSSR count). The maximum absolute atomic E-state index is 10.8. The number of methoxy groups -OCH3 is 1. The third kappa shape index (κ3) is 6.54. The summed E-state index contributed by atoms with van der Waals surface area (Å²) in [5.41, 5.74) is 5.40. The van der Waals surface area contributed by atoms with Crippen molar-refractivity contribution in [3.63, 3.8) is 0 Å². The van der Waals surface area contributed by atoms with Crippen LogP contribution in [0.15, 0.2) is 0 Å². The van der Waals surface area contributed by atoms with Crippen molar-refractivity contribution in [2.24, 2.45) is 5.73 Å². The van der Waals surface area contributed by atoms with E-state index >= 15 is 0 Å². The molecule has 0 spiro atoms. The van der Waals surface area contributed by atoms with Crippen molar-refractivity contribution in [3.8, 4) is 0 Å². The minimum Gasteiger partial charge on any atom is -0.469 e. The van der Waals surface area contributed by atoms with Gasteiger partial charge in [0.2, 0.25) is 0 Å². The lowest BCUT2D eigenvalue weighted by Gasteiger charge is -2.18. The van der Waals surface area contributed by atoms with Crippen LogP contribution >= 0.6 is 0 Å². The monoisotopic (exact) mass is 188 g/mol. The maximum atomic E-state index is 10.8. The number of nitrogens with two attached hydrogens (primary N) is 1. The lowest BCUT2D eigenvalue weighted by atomic mass is 10.3. The van der Waals surface area contributed by atoms with Crippen molar-refractivity contribution in [1.29, 1.82) is 0 Å². The topological polar surface area (TPSA) is 55.6 Å². The van der Waals surface area contributed by atoms with Crippen LogP contribution in [0.4, 0.5) is 0 Å². The Balaban J connectivity index is 3.52. The van der Waals surface area contributed by atoms with Gasteiger partial charge in [-0.2, -0.15) is 0 Å². The molecule has 0 saturated carbocycles. The number of hydrogen-bond acceptors (Lipinski definition) is 4. The molecule has 0 bridgehead atoms. The molecule has 78 valence electrons. The summed E-state index contributed by atoms with van der Waals surface area (Å²) < 4.78 is 4.56. The maximum Gasteiger partial charge on any atom is 0.306 e. The summed E-state index contributed by atoms with van der Waals surface area (Å²) in [4.78, 5) is 13.0. The fourth-order valence-corrected chi connectivity index (χ4v) is 1.09. The Labute approximate surface area is 80.0 Å². The van der Waals surface area contributed by atoms with E-state index in [0.29, 0.717) is 13.0 Å². The highest BCUT2D eigenvalue weighted by atomic mass is 16.5. The highest BCUT2D eigenvalue weighted by Gasteiger charge is 2.05. The van der Waals surface area contributed by atoms with E-state index in [1.54, 1.807) is 0 Å². The molecule has 0 amide bonds. The third-order valence-corrected chi connectivity index (χ3v) is 1.99. The average Bonchev–Trinajstić information content (AvgIpc) is 2.17. The molecule has 0 aromatic heterocycles. The Morgan fingerprint density at radius 2 is 2.15 bits per heavy atom. The van der Waals surface area contributed by atoms with E-state index in [-0.39, 0.29) is 5.97 Å². The molecule has 13 heavy (non-hydrogen) atoms. The van der Waals surface area contributed by atoms with Crippen LogP contribution in [0.25, 0.3) is 0 Å². The van der Waals surface area contributed by atoms with Crippen LogP contribution in [-0.4, -0.2) is 44.2 Å². The molecule has 0 aliphatic carbocycles. The van der Waals surface area contributed by atoms with Gasteiger partial charge in [0, 0.05) is 6.54 Å². The molecule has 0 unspecified atom stereocenters. The summed E-state index contributed by atoms with van der Waals surface area (Å²) >= 11 is 0. The Hall–Kier alpha value is -0.610. The van der Waals surface area contributed by atoms with Crippen LogP contribution in [0.3, 0.4) is 0 Å². The zero-order valence-electron chi connectivity index (χ0n) is 8.58. The standard InChI is InChI=1S/C9H20N2O2/c1-3-11(7-4-6-10)8-5-9(12)13-2/h3-8,10H2,1-2H3. The Morgan fingerprint density at radius 1 is 1.46 bits per heavy atom. The summed E-state index contributed by atoms with van der Waals surface area (Å²) in [6, 6.07) is 0. The second-order valence-electron chi connectivity index (χ2n) is 2.90. The molecule has 0 saturated heterocycles. The Kier molecular flexibility index (Phi) is 7.63. The van der Waals surface area contributed by atoms with Gasteiger partial charge in [-0.3, -0.25) is 4.79 Å². The first-order valence-corrected chi connectivity index (χ1v) is 4.73. The number of carbonyl (C=O) groups is 1. The van der Waals surface area contributed by atoms with E-state index in [0.717, 1.165) is 26.1 Å². The van der Waals surface area contributed by atoms with Crippen LogP contribution in [0.5, 0.6) is 0 Å². The van der Waals surface area contributed by atoms with Crippen LogP contribution < -0.4 is 5.73 Å². The second kappa shape index (κ2) is 8.01. The number of rotatable bonds is 7. The third-order valence-electron chi connectivity index (χ3n) is 1.99. The summed E-state index contributed by atoms with van der Waals surface area (Å²) in [5, 5.41) is 0. The number of ether oxygens (including phenoxy) is 1. The first-order chi connectivity index (χ1) is 6.24. The fraction of sp³-hybridized carbons (Fsp3) is 0.889. The SMILES string of the molecule is CCN(CCCN)CCC(=O)OC. The van der Waals surface area contributed by atoms with Crippen LogP contribution in [0.2, 0.25) is 0 Å². The van der Waals surface area contributed by atoms with Crippen LogP contribution in [0, 0.1) is 0 Å². The molecule has 0 aliphatic heterocycles. The predicted molar refractivity (Wildman–Crippen MR) is 52.4 cm³/mol.